The van der Waals surface area contributed by atoms with Gasteiger partial charge >= 0.3 is 6.09 Å². The molecule has 1 saturated carbocycles. The summed E-state index contributed by atoms with van der Waals surface area (Å²) in [7, 11) is 0. The third kappa shape index (κ3) is 5.21. The van der Waals surface area contributed by atoms with Crippen LogP contribution >= 0.6 is 11.8 Å². The van der Waals surface area contributed by atoms with Crippen LogP contribution in [0, 0.1) is 5.92 Å². The van der Waals surface area contributed by atoms with Crippen molar-refractivity contribution in [2.75, 3.05) is 16.4 Å². The highest BCUT2D eigenvalue weighted by atomic mass is 32.2. The standard InChI is InChI=1S/C27H34N2O3S/c1-4-32-27(31)28(19(2)3)21-15-16-25-23(18-21)29(22-12-8-9-13-24(22)33-25)26(30)17-14-20-10-6-5-7-11-20/h8-9,12-13,15-16,18-20H,4-7,10-11,14,17H2,1-3H3. The average Bonchev–Trinajstić information content (AvgIpc) is 2.81. The smallest absolute Gasteiger partial charge is 0.414 e. The number of amides is 2. The third-order valence-electron chi connectivity index (χ3n) is 6.51. The Morgan fingerprint density at radius 2 is 1.79 bits per heavy atom. The van der Waals surface area contributed by atoms with Crippen LogP contribution in [-0.4, -0.2) is 24.6 Å². The maximum Gasteiger partial charge on any atom is 0.414 e. The van der Waals surface area contributed by atoms with E-state index in [-0.39, 0.29) is 18.0 Å². The van der Waals surface area contributed by atoms with Crippen molar-refractivity contribution in [3.63, 3.8) is 0 Å². The predicted molar refractivity (Wildman–Crippen MR) is 135 cm³/mol. The van der Waals surface area contributed by atoms with Crippen molar-refractivity contribution in [3.05, 3.63) is 42.5 Å². The highest BCUT2D eigenvalue weighted by Crippen LogP contribution is 2.49. The fourth-order valence-corrected chi connectivity index (χ4v) is 5.92. The summed E-state index contributed by atoms with van der Waals surface area (Å²) in [5.41, 5.74) is 2.51. The molecule has 1 heterocycles. The first-order chi connectivity index (χ1) is 16.0. The zero-order valence-electron chi connectivity index (χ0n) is 19.9. The minimum Gasteiger partial charge on any atom is -0.449 e. The number of carbonyl (C=O) groups is 2. The van der Waals surface area contributed by atoms with Crippen LogP contribution < -0.4 is 9.80 Å². The molecule has 176 valence electrons. The lowest BCUT2D eigenvalue weighted by molar-refractivity contribution is -0.118. The van der Waals surface area contributed by atoms with Gasteiger partial charge in [0, 0.05) is 27.9 Å². The molecule has 6 heteroatoms. The molecule has 0 unspecified atom stereocenters. The molecule has 4 rings (SSSR count). The highest BCUT2D eigenvalue weighted by Gasteiger charge is 2.30. The molecule has 0 spiro atoms. The third-order valence-corrected chi connectivity index (χ3v) is 7.64. The normalized spacial score (nSPS) is 15.7. The Balaban J connectivity index is 1.67. The lowest BCUT2D eigenvalue weighted by Crippen LogP contribution is -2.38. The number of para-hydroxylation sites is 1. The van der Waals surface area contributed by atoms with E-state index in [9.17, 15) is 9.59 Å². The fraction of sp³-hybridized carbons (Fsp3) is 0.481. The van der Waals surface area contributed by atoms with E-state index >= 15 is 0 Å². The summed E-state index contributed by atoms with van der Waals surface area (Å²) in [6, 6.07) is 13.9. The molecule has 2 aromatic rings. The zero-order chi connectivity index (χ0) is 23.4. The van der Waals surface area contributed by atoms with Gasteiger partial charge in [-0.3, -0.25) is 14.6 Å². The number of hydrogen-bond donors (Lipinski definition) is 0. The number of fused-ring (bicyclic) bond motifs is 2. The van der Waals surface area contributed by atoms with Crippen molar-refractivity contribution in [2.45, 2.75) is 81.5 Å². The Hall–Kier alpha value is -2.47. The lowest BCUT2D eigenvalue weighted by atomic mass is 9.86. The maximum absolute atomic E-state index is 13.6. The van der Waals surface area contributed by atoms with Crippen molar-refractivity contribution in [1.82, 2.24) is 0 Å². The van der Waals surface area contributed by atoms with E-state index in [1.807, 2.05) is 62.1 Å². The molecule has 1 aliphatic carbocycles. The van der Waals surface area contributed by atoms with Crippen molar-refractivity contribution in [1.29, 1.82) is 0 Å². The van der Waals surface area contributed by atoms with Crippen LogP contribution in [0.15, 0.2) is 52.3 Å². The largest absolute Gasteiger partial charge is 0.449 e. The van der Waals surface area contributed by atoms with Gasteiger partial charge in [0.1, 0.15) is 0 Å². The highest BCUT2D eigenvalue weighted by molar-refractivity contribution is 7.99. The molecular formula is C27H34N2O3S. The summed E-state index contributed by atoms with van der Waals surface area (Å²) in [6.45, 7) is 6.06. The van der Waals surface area contributed by atoms with Crippen LogP contribution in [0.4, 0.5) is 21.9 Å². The number of ether oxygens (including phenoxy) is 1. The van der Waals surface area contributed by atoms with Gasteiger partial charge in [0.2, 0.25) is 5.91 Å². The number of benzene rings is 2. The first-order valence-electron chi connectivity index (χ1n) is 12.2. The SMILES string of the molecule is CCOC(=O)N(c1ccc2c(c1)N(C(=O)CCC1CCCCC1)c1ccccc1S2)C(C)C. The molecule has 1 fully saturated rings. The molecule has 2 aromatic carbocycles. The van der Waals surface area contributed by atoms with Crippen LogP contribution in [0.3, 0.4) is 0 Å². The molecule has 0 aromatic heterocycles. The second-order valence-corrected chi connectivity index (χ2v) is 10.2. The lowest BCUT2D eigenvalue weighted by Gasteiger charge is -2.33. The predicted octanol–water partition coefficient (Wildman–Crippen LogP) is 7.55. The van der Waals surface area contributed by atoms with E-state index in [1.165, 1.54) is 32.1 Å². The van der Waals surface area contributed by atoms with Gasteiger partial charge in [-0.05, 0) is 63.4 Å². The van der Waals surface area contributed by atoms with Gasteiger partial charge in [0.15, 0.2) is 0 Å². The molecule has 5 nitrogen and oxygen atoms in total. The van der Waals surface area contributed by atoms with Crippen LogP contribution in [0.5, 0.6) is 0 Å². The van der Waals surface area contributed by atoms with Crippen molar-refractivity contribution in [2.24, 2.45) is 5.92 Å². The van der Waals surface area contributed by atoms with Gasteiger partial charge in [-0.2, -0.15) is 0 Å². The van der Waals surface area contributed by atoms with E-state index in [4.69, 9.17) is 4.74 Å². The zero-order valence-corrected chi connectivity index (χ0v) is 20.7. The fourth-order valence-electron chi connectivity index (χ4n) is 4.88. The van der Waals surface area contributed by atoms with Crippen molar-refractivity contribution < 1.29 is 14.3 Å². The summed E-state index contributed by atoms with van der Waals surface area (Å²) in [4.78, 5) is 31.9. The number of nitrogens with zero attached hydrogens (tertiary/aromatic N) is 2. The molecule has 33 heavy (non-hydrogen) atoms. The second-order valence-electron chi connectivity index (χ2n) is 9.16. The second kappa shape index (κ2) is 10.6. The molecular weight excluding hydrogens is 432 g/mol. The first-order valence-corrected chi connectivity index (χ1v) is 13.0. The van der Waals surface area contributed by atoms with Crippen LogP contribution in [0.25, 0.3) is 0 Å². The summed E-state index contributed by atoms with van der Waals surface area (Å²) in [5.74, 6) is 0.780. The van der Waals surface area contributed by atoms with Gasteiger partial charge in [-0.1, -0.05) is 56.0 Å². The van der Waals surface area contributed by atoms with Crippen molar-refractivity contribution >= 4 is 40.8 Å². The minimum absolute atomic E-state index is 0.0684. The Kier molecular flexibility index (Phi) is 7.63. The summed E-state index contributed by atoms with van der Waals surface area (Å²) >= 11 is 1.67. The van der Waals surface area contributed by atoms with Crippen LogP contribution in [0.2, 0.25) is 0 Å². The number of hydrogen-bond acceptors (Lipinski definition) is 4. The Bertz CT molecular complexity index is 1000. The van der Waals surface area contributed by atoms with E-state index in [0.29, 0.717) is 18.9 Å². The number of anilines is 3. The van der Waals surface area contributed by atoms with Gasteiger partial charge in [-0.15, -0.1) is 0 Å². The van der Waals surface area contributed by atoms with Gasteiger partial charge < -0.3 is 4.74 Å². The van der Waals surface area contributed by atoms with Gasteiger partial charge in [0.25, 0.3) is 0 Å². The topological polar surface area (TPSA) is 49.9 Å². The molecule has 0 N–H and O–H groups in total. The quantitative estimate of drug-likeness (QED) is 0.441. The van der Waals surface area contributed by atoms with Crippen molar-refractivity contribution in [3.8, 4) is 0 Å². The van der Waals surface area contributed by atoms with E-state index in [2.05, 4.69) is 6.07 Å². The number of rotatable bonds is 6. The first kappa shape index (κ1) is 23.7. The molecule has 0 saturated heterocycles. The molecule has 1 aliphatic heterocycles. The Morgan fingerprint density at radius 3 is 2.52 bits per heavy atom. The Morgan fingerprint density at radius 1 is 1.06 bits per heavy atom. The molecule has 0 radical (unpaired) electrons. The van der Waals surface area contributed by atoms with E-state index in [1.54, 1.807) is 16.7 Å². The summed E-state index contributed by atoms with van der Waals surface area (Å²) in [5, 5.41) is 0. The van der Waals surface area contributed by atoms with Crippen LogP contribution in [-0.2, 0) is 9.53 Å². The molecule has 2 aliphatic rings. The molecule has 2 amide bonds. The minimum atomic E-state index is -0.369. The van der Waals surface area contributed by atoms with E-state index in [0.717, 1.165) is 33.3 Å². The summed E-state index contributed by atoms with van der Waals surface area (Å²) < 4.78 is 5.30. The summed E-state index contributed by atoms with van der Waals surface area (Å²) in [6.07, 6.45) is 7.49. The maximum atomic E-state index is 13.6. The Labute approximate surface area is 201 Å². The molecule has 0 atom stereocenters. The molecule has 0 bridgehead atoms. The van der Waals surface area contributed by atoms with Crippen LogP contribution in [0.1, 0.15) is 65.7 Å². The van der Waals surface area contributed by atoms with Gasteiger partial charge in [0.05, 0.1) is 18.0 Å². The van der Waals surface area contributed by atoms with Gasteiger partial charge in [-0.25, -0.2) is 4.79 Å². The van der Waals surface area contributed by atoms with E-state index < -0.39 is 0 Å². The number of carbonyl (C=O) groups excluding carboxylic acids is 2. The average molecular weight is 467 g/mol. The monoisotopic (exact) mass is 466 g/mol.